The van der Waals surface area contributed by atoms with Crippen molar-refractivity contribution in [3.63, 3.8) is 0 Å². The van der Waals surface area contributed by atoms with Gasteiger partial charge in [-0.1, -0.05) is 18.2 Å². The number of aliphatic hydroxyl groups is 1. The van der Waals surface area contributed by atoms with E-state index in [2.05, 4.69) is 31.1 Å². The van der Waals surface area contributed by atoms with Gasteiger partial charge in [-0.2, -0.15) is 0 Å². The number of hydrogen-bond donors (Lipinski definition) is 4. The van der Waals surface area contributed by atoms with Crippen LogP contribution in [0.3, 0.4) is 0 Å². The predicted octanol–water partition coefficient (Wildman–Crippen LogP) is 4.67. The van der Waals surface area contributed by atoms with Crippen LogP contribution in [0.2, 0.25) is 0 Å². The third-order valence-electron chi connectivity index (χ3n) is 4.12. The Morgan fingerprint density at radius 1 is 1.12 bits per heavy atom. The van der Waals surface area contributed by atoms with Gasteiger partial charge in [0.25, 0.3) is 0 Å². The molecule has 0 unspecified atom stereocenters. The van der Waals surface area contributed by atoms with Crippen LogP contribution in [-0.2, 0) is 6.61 Å². The van der Waals surface area contributed by atoms with Crippen molar-refractivity contribution in [1.82, 2.24) is 9.97 Å². The molecule has 2 aromatic carbocycles. The van der Waals surface area contributed by atoms with E-state index in [0.717, 1.165) is 15.4 Å². The van der Waals surface area contributed by atoms with Crippen molar-refractivity contribution in [2.24, 2.45) is 5.18 Å². The Labute approximate surface area is 144 Å². The molecule has 0 saturated heterocycles. The van der Waals surface area contributed by atoms with Crippen molar-refractivity contribution >= 4 is 43.4 Å². The molecule has 0 aliphatic heterocycles. The van der Waals surface area contributed by atoms with Gasteiger partial charge in [0.15, 0.2) is 5.88 Å². The molecule has 2 aromatic heterocycles. The fraction of sp³-hybridized carbons (Fsp3) is 0.0588. The van der Waals surface area contributed by atoms with E-state index in [0.29, 0.717) is 27.7 Å². The van der Waals surface area contributed by atoms with E-state index in [1.54, 1.807) is 18.2 Å². The molecule has 4 N–H and O–H groups in total. The van der Waals surface area contributed by atoms with Crippen molar-refractivity contribution in [2.75, 3.05) is 0 Å². The second-order valence-electron chi connectivity index (χ2n) is 5.49. The SMILES string of the molecule is O=Nc1c(-c2c(O)[nH]c3c(Br)cccc23)[nH]c2ccc(CO)cc12. The third kappa shape index (κ3) is 2.05. The standard InChI is InChI=1S/C17H12BrN3O3/c18-11-3-1-2-9-13(17(23)20-14(9)11)16-15(21-24)10-6-8(7-22)4-5-12(10)19-16/h1-6,19-20,22-23H,7H2. The largest absolute Gasteiger partial charge is 0.494 e. The first-order valence-electron chi connectivity index (χ1n) is 7.22. The maximum Gasteiger partial charge on any atom is 0.199 e. The zero-order valence-electron chi connectivity index (χ0n) is 12.3. The highest BCUT2D eigenvalue weighted by molar-refractivity contribution is 9.10. The maximum atomic E-state index is 11.5. The lowest BCUT2D eigenvalue weighted by Gasteiger charge is -1.99. The number of aromatic hydroxyl groups is 1. The number of benzene rings is 2. The Hall–Kier alpha value is -2.64. The van der Waals surface area contributed by atoms with Crippen molar-refractivity contribution in [3.05, 3.63) is 51.3 Å². The highest BCUT2D eigenvalue weighted by Crippen LogP contribution is 2.45. The van der Waals surface area contributed by atoms with E-state index in [1.807, 2.05) is 18.2 Å². The number of halogens is 1. The molecule has 0 aliphatic carbocycles. The number of nitroso groups, excluding NO2 is 1. The highest BCUT2D eigenvalue weighted by Gasteiger charge is 2.22. The van der Waals surface area contributed by atoms with Gasteiger partial charge < -0.3 is 20.2 Å². The zero-order valence-corrected chi connectivity index (χ0v) is 13.9. The zero-order chi connectivity index (χ0) is 16.8. The molecular weight excluding hydrogens is 374 g/mol. The maximum absolute atomic E-state index is 11.5. The van der Waals surface area contributed by atoms with Crippen LogP contribution in [0.5, 0.6) is 5.88 Å². The fourth-order valence-corrected chi connectivity index (χ4v) is 3.49. The normalized spacial score (nSPS) is 11.4. The number of fused-ring (bicyclic) bond motifs is 2. The van der Waals surface area contributed by atoms with Gasteiger partial charge in [0, 0.05) is 20.8 Å². The number of hydrogen-bond acceptors (Lipinski definition) is 4. The number of nitrogens with zero attached hydrogens (tertiary/aromatic N) is 1. The van der Waals surface area contributed by atoms with Crippen molar-refractivity contribution in [2.45, 2.75) is 6.61 Å². The summed E-state index contributed by atoms with van der Waals surface area (Å²) in [6.45, 7) is -0.125. The van der Waals surface area contributed by atoms with Crippen LogP contribution in [0.25, 0.3) is 33.1 Å². The molecule has 0 bridgehead atoms. The highest BCUT2D eigenvalue weighted by atomic mass is 79.9. The number of para-hydroxylation sites is 1. The van der Waals surface area contributed by atoms with Crippen LogP contribution in [0.1, 0.15) is 5.56 Å². The Morgan fingerprint density at radius 3 is 2.71 bits per heavy atom. The van der Waals surface area contributed by atoms with E-state index in [4.69, 9.17) is 0 Å². The van der Waals surface area contributed by atoms with E-state index in [-0.39, 0.29) is 18.2 Å². The predicted molar refractivity (Wildman–Crippen MR) is 96.3 cm³/mol. The molecule has 7 heteroatoms. The molecule has 0 amide bonds. The second-order valence-corrected chi connectivity index (χ2v) is 6.34. The first-order valence-corrected chi connectivity index (χ1v) is 8.01. The quantitative estimate of drug-likeness (QED) is 0.385. The molecule has 4 rings (SSSR count). The van der Waals surface area contributed by atoms with E-state index in [1.165, 1.54) is 0 Å². The molecule has 0 spiro atoms. The minimum Gasteiger partial charge on any atom is -0.494 e. The van der Waals surface area contributed by atoms with Gasteiger partial charge in [0.1, 0.15) is 5.69 Å². The lowest BCUT2D eigenvalue weighted by molar-refractivity contribution is 0.282. The number of aromatic amines is 2. The molecule has 24 heavy (non-hydrogen) atoms. The van der Waals surface area contributed by atoms with E-state index in [9.17, 15) is 15.1 Å². The third-order valence-corrected chi connectivity index (χ3v) is 4.78. The summed E-state index contributed by atoms with van der Waals surface area (Å²) in [5.41, 5.74) is 3.26. The second kappa shape index (κ2) is 5.47. The first kappa shape index (κ1) is 14.9. The number of H-pyrrole nitrogens is 2. The number of aromatic nitrogens is 2. The van der Waals surface area contributed by atoms with Crippen LogP contribution < -0.4 is 0 Å². The van der Waals surface area contributed by atoms with Crippen LogP contribution >= 0.6 is 15.9 Å². The summed E-state index contributed by atoms with van der Waals surface area (Å²) in [7, 11) is 0. The molecular formula is C17H12BrN3O3. The molecule has 4 aromatic rings. The summed E-state index contributed by atoms with van der Waals surface area (Å²) in [6.07, 6.45) is 0. The lowest BCUT2D eigenvalue weighted by Crippen LogP contribution is -1.80. The fourth-order valence-electron chi connectivity index (χ4n) is 3.02. The van der Waals surface area contributed by atoms with Crippen LogP contribution in [0.15, 0.2) is 46.0 Å². The molecule has 0 saturated carbocycles. The summed E-state index contributed by atoms with van der Waals surface area (Å²) in [5.74, 6) is -0.0456. The molecule has 0 atom stereocenters. The molecule has 0 fully saturated rings. The summed E-state index contributed by atoms with van der Waals surface area (Å²) in [5, 5.41) is 24.2. The molecule has 0 radical (unpaired) electrons. The smallest absolute Gasteiger partial charge is 0.199 e. The molecule has 0 aliphatic rings. The number of nitrogens with one attached hydrogen (secondary N) is 2. The summed E-state index contributed by atoms with van der Waals surface area (Å²) < 4.78 is 0.806. The van der Waals surface area contributed by atoms with Crippen molar-refractivity contribution < 1.29 is 10.2 Å². The Bertz CT molecular complexity index is 1100. The van der Waals surface area contributed by atoms with Gasteiger partial charge >= 0.3 is 0 Å². The van der Waals surface area contributed by atoms with Crippen LogP contribution in [0.4, 0.5) is 5.69 Å². The van der Waals surface area contributed by atoms with Gasteiger partial charge in [-0.3, -0.25) is 0 Å². The number of rotatable bonds is 3. The summed E-state index contributed by atoms with van der Waals surface area (Å²) in [6, 6.07) is 10.8. The van der Waals surface area contributed by atoms with Gasteiger partial charge in [-0.05, 0) is 44.9 Å². The van der Waals surface area contributed by atoms with Gasteiger partial charge in [0.05, 0.1) is 23.4 Å². The van der Waals surface area contributed by atoms with E-state index < -0.39 is 0 Å². The Kier molecular flexibility index (Phi) is 3.40. The Balaban J connectivity index is 2.09. The first-order chi connectivity index (χ1) is 11.6. The van der Waals surface area contributed by atoms with Crippen LogP contribution in [0, 0.1) is 4.91 Å². The molecule has 2 heterocycles. The topological polar surface area (TPSA) is 101 Å². The average molecular weight is 386 g/mol. The number of aliphatic hydroxyl groups excluding tert-OH is 1. The summed E-state index contributed by atoms with van der Waals surface area (Å²) >= 11 is 3.44. The minimum atomic E-state index is -0.125. The molecule has 120 valence electrons. The van der Waals surface area contributed by atoms with Gasteiger partial charge in [-0.25, -0.2) is 0 Å². The minimum absolute atomic E-state index is 0.0456. The Morgan fingerprint density at radius 2 is 1.96 bits per heavy atom. The van der Waals surface area contributed by atoms with Crippen molar-refractivity contribution in [3.8, 4) is 17.1 Å². The average Bonchev–Trinajstić information content (AvgIpc) is 3.11. The van der Waals surface area contributed by atoms with E-state index >= 15 is 0 Å². The van der Waals surface area contributed by atoms with Gasteiger partial charge in [-0.15, -0.1) is 4.91 Å². The molecule has 6 nitrogen and oxygen atoms in total. The monoisotopic (exact) mass is 385 g/mol. The lowest BCUT2D eigenvalue weighted by atomic mass is 10.1. The summed E-state index contributed by atoms with van der Waals surface area (Å²) in [4.78, 5) is 17.5. The van der Waals surface area contributed by atoms with Gasteiger partial charge in [0.2, 0.25) is 0 Å². The van der Waals surface area contributed by atoms with Crippen LogP contribution in [-0.4, -0.2) is 20.2 Å². The van der Waals surface area contributed by atoms with Crippen molar-refractivity contribution in [1.29, 1.82) is 0 Å².